The smallest absolute Gasteiger partial charge is 0.318 e. The van der Waals surface area contributed by atoms with Crippen molar-refractivity contribution in [3.63, 3.8) is 0 Å². The van der Waals surface area contributed by atoms with Crippen molar-refractivity contribution in [3.8, 4) is 11.5 Å². The maximum Gasteiger partial charge on any atom is 0.318 e. The fourth-order valence-electron chi connectivity index (χ4n) is 2.64. The lowest BCUT2D eigenvalue weighted by Gasteiger charge is -2.18. The van der Waals surface area contributed by atoms with E-state index in [1.54, 1.807) is 14.2 Å². The van der Waals surface area contributed by atoms with Crippen LogP contribution < -0.4 is 20.5 Å². The van der Waals surface area contributed by atoms with E-state index in [4.69, 9.17) is 15.2 Å². The first-order chi connectivity index (χ1) is 10.5. The van der Waals surface area contributed by atoms with Crippen LogP contribution >= 0.6 is 0 Å². The van der Waals surface area contributed by atoms with E-state index in [0.29, 0.717) is 11.5 Å². The van der Waals surface area contributed by atoms with E-state index in [1.165, 1.54) is 11.1 Å². The average Bonchev–Trinajstić information content (AvgIpc) is 2.67. The van der Waals surface area contributed by atoms with Crippen molar-refractivity contribution in [2.75, 3.05) is 33.9 Å². The van der Waals surface area contributed by atoms with Gasteiger partial charge in [-0.2, -0.15) is 0 Å². The van der Waals surface area contributed by atoms with Gasteiger partial charge in [0.2, 0.25) is 5.91 Å². The van der Waals surface area contributed by atoms with Crippen LogP contribution in [0.5, 0.6) is 11.5 Å². The van der Waals surface area contributed by atoms with Gasteiger partial charge in [0.25, 0.3) is 0 Å². The van der Waals surface area contributed by atoms with Crippen LogP contribution in [0.4, 0.5) is 4.79 Å². The lowest BCUT2D eigenvalue weighted by atomic mass is 10.0. The van der Waals surface area contributed by atoms with Crippen LogP contribution in [-0.4, -0.2) is 50.7 Å². The first-order valence-electron chi connectivity index (χ1n) is 7.09. The Morgan fingerprint density at radius 3 is 2.05 bits per heavy atom. The Kier molecular flexibility index (Phi) is 5.21. The number of methoxy groups -OCH3 is 2. The molecule has 1 aliphatic rings. The number of carbonyl (C=O) groups is 2. The topological polar surface area (TPSA) is 93.9 Å². The first kappa shape index (κ1) is 16.1. The zero-order valence-corrected chi connectivity index (χ0v) is 12.8. The highest BCUT2D eigenvalue weighted by Crippen LogP contribution is 2.32. The molecule has 0 saturated carbocycles. The minimum Gasteiger partial charge on any atom is -0.493 e. The normalized spacial score (nSPS) is 14.6. The van der Waals surface area contributed by atoms with Gasteiger partial charge in [-0.15, -0.1) is 0 Å². The van der Waals surface area contributed by atoms with E-state index in [1.807, 2.05) is 17.0 Å². The summed E-state index contributed by atoms with van der Waals surface area (Å²) in [6.07, 6.45) is 1.61. The monoisotopic (exact) mass is 307 g/mol. The van der Waals surface area contributed by atoms with Crippen LogP contribution in [0.2, 0.25) is 0 Å². The SMILES string of the molecule is COc1cc2c(cc1OC)CCN(CC(=O)NC(N)=O)CC2. The van der Waals surface area contributed by atoms with Crippen molar-refractivity contribution in [3.05, 3.63) is 23.3 Å². The second-order valence-corrected chi connectivity index (χ2v) is 5.16. The van der Waals surface area contributed by atoms with Gasteiger partial charge in [0.1, 0.15) is 0 Å². The number of fused-ring (bicyclic) bond motifs is 1. The van der Waals surface area contributed by atoms with Crippen LogP contribution in [0.15, 0.2) is 12.1 Å². The predicted octanol–water partition coefficient (Wildman–Crippen LogP) is 0.299. The molecule has 0 saturated heterocycles. The lowest BCUT2D eigenvalue weighted by molar-refractivity contribution is -0.121. The van der Waals surface area contributed by atoms with E-state index in [-0.39, 0.29) is 12.5 Å². The summed E-state index contributed by atoms with van der Waals surface area (Å²) in [7, 11) is 3.23. The molecule has 0 unspecified atom stereocenters. The summed E-state index contributed by atoms with van der Waals surface area (Å²) in [4.78, 5) is 24.3. The minimum absolute atomic E-state index is 0.158. The minimum atomic E-state index is -0.822. The highest BCUT2D eigenvalue weighted by atomic mass is 16.5. The van der Waals surface area contributed by atoms with E-state index >= 15 is 0 Å². The number of nitrogens with two attached hydrogens (primary N) is 1. The third-order valence-electron chi connectivity index (χ3n) is 3.73. The number of rotatable bonds is 4. The third kappa shape index (κ3) is 3.88. The summed E-state index contributed by atoms with van der Waals surface area (Å²) in [5, 5.41) is 2.09. The number of nitrogens with one attached hydrogen (secondary N) is 1. The van der Waals surface area contributed by atoms with Crippen LogP contribution in [0.1, 0.15) is 11.1 Å². The summed E-state index contributed by atoms with van der Waals surface area (Å²) in [5.41, 5.74) is 7.33. The van der Waals surface area contributed by atoms with Crippen molar-refractivity contribution in [1.82, 2.24) is 10.2 Å². The molecule has 1 heterocycles. The van der Waals surface area contributed by atoms with Gasteiger partial charge in [-0.25, -0.2) is 4.79 Å². The van der Waals surface area contributed by atoms with Crippen molar-refractivity contribution in [2.45, 2.75) is 12.8 Å². The molecule has 7 nitrogen and oxygen atoms in total. The molecule has 0 bridgehead atoms. The van der Waals surface area contributed by atoms with Gasteiger partial charge in [-0.1, -0.05) is 0 Å². The number of urea groups is 1. The van der Waals surface area contributed by atoms with E-state index in [9.17, 15) is 9.59 Å². The Hall–Kier alpha value is -2.28. The number of carbonyl (C=O) groups excluding carboxylic acids is 2. The Balaban J connectivity index is 2.06. The van der Waals surface area contributed by atoms with Crippen molar-refractivity contribution >= 4 is 11.9 Å². The molecular weight excluding hydrogens is 286 g/mol. The molecule has 1 aromatic rings. The summed E-state index contributed by atoms with van der Waals surface area (Å²) in [6, 6.07) is 3.15. The summed E-state index contributed by atoms with van der Waals surface area (Å²) in [6.45, 7) is 1.62. The number of nitrogens with zero attached hydrogens (tertiary/aromatic N) is 1. The van der Waals surface area contributed by atoms with Crippen molar-refractivity contribution < 1.29 is 19.1 Å². The van der Waals surface area contributed by atoms with Crippen molar-refractivity contribution in [2.24, 2.45) is 5.73 Å². The zero-order valence-electron chi connectivity index (χ0n) is 12.8. The number of imide groups is 1. The molecule has 2 rings (SSSR count). The molecule has 3 amide bonds. The molecular formula is C15H21N3O4. The predicted molar refractivity (Wildman–Crippen MR) is 81.1 cm³/mol. The standard InChI is InChI=1S/C15H21N3O4/c1-21-12-7-10-3-5-18(9-14(19)17-15(16)20)6-4-11(10)8-13(12)22-2/h7-8H,3-6,9H2,1-2H3,(H3,16,17,19,20). The summed E-state index contributed by atoms with van der Waals surface area (Å²) >= 11 is 0. The molecule has 0 spiro atoms. The molecule has 1 aliphatic heterocycles. The second-order valence-electron chi connectivity index (χ2n) is 5.16. The first-order valence-corrected chi connectivity index (χ1v) is 7.09. The Bertz CT molecular complexity index is 539. The van der Waals surface area contributed by atoms with Crippen LogP contribution in [0, 0.1) is 0 Å². The highest BCUT2D eigenvalue weighted by Gasteiger charge is 2.19. The number of benzene rings is 1. The fourth-order valence-corrected chi connectivity index (χ4v) is 2.64. The second kappa shape index (κ2) is 7.13. The maximum atomic E-state index is 11.6. The lowest BCUT2D eigenvalue weighted by Crippen LogP contribution is -2.43. The maximum absolute atomic E-state index is 11.6. The summed E-state index contributed by atoms with van der Waals surface area (Å²) < 4.78 is 10.6. The molecule has 0 atom stereocenters. The van der Waals surface area contributed by atoms with Gasteiger partial charge >= 0.3 is 6.03 Å². The van der Waals surface area contributed by atoms with E-state index in [0.717, 1.165) is 25.9 Å². The molecule has 3 N–H and O–H groups in total. The number of hydrogen-bond donors (Lipinski definition) is 2. The van der Waals surface area contributed by atoms with Gasteiger partial charge in [0.05, 0.1) is 20.8 Å². The fraction of sp³-hybridized carbons (Fsp3) is 0.467. The van der Waals surface area contributed by atoms with Gasteiger partial charge in [0.15, 0.2) is 11.5 Å². The molecule has 0 radical (unpaired) electrons. The molecule has 0 fully saturated rings. The van der Waals surface area contributed by atoms with Gasteiger partial charge in [-0.3, -0.25) is 15.0 Å². The third-order valence-corrected chi connectivity index (χ3v) is 3.73. The van der Waals surface area contributed by atoms with Gasteiger partial charge in [-0.05, 0) is 36.1 Å². The molecule has 0 aliphatic carbocycles. The Morgan fingerprint density at radius 1 is 1.14 bits per heavy atom. The van der Waals surface area contributed by atoms with Gasteiger partial charge in [0, 0.05) is 13.1 Å². The number of primary amides is 1. The van der Waals surface area contributed by atoms with Gasteiger partial charge < -0.3 is 15.2 Å². The average molecular weight is 307 g/mol. The molecule has 22 heavy (non-hydrogen) atoms. The molecule has 7 heteroatoms. The molecule has 120 valence electrons. The van der Waals surface area contributed by atoms with Crippen LogP contribution in [0.3, 0.4) is 0 Å². The van der Waals surface area contributed by atoms with Crippen LogP contribution in [-0.2, 0) is 17.6 Å². The van der Waals surface area contributed by atoms with Crippen molar-refractivity contribution in [1.29, 1.82) is 0 Å². The molecule has 0 aromatic heterocycles. The van der Waals surface area contributed by atoms with E-state index < -0.39 is 6.03 Å². The number of hydrogen-bond acceptors (Lipinski definition) is 5. The quantitative estimate of drug-likeness (QED) is 0.834. The largest absolute Gasteiger partial charge is 0.493 e. The summed E-state index contributed by atoms with van der Waals surface area (Å²) in [5.74, 6) is 1.04. The van der Waals surface area contributed by atoms with Crippen LogP contribution in [0.25, 0.3) is 0 Å². The zero-order chi connectivity index (χ0) is 16.1. The Labute approximate surface area is 129 Å². The Morgan fingerprint density at radius 2 is 1.64 bits per heavy atom. The van der Waals surface area contributed by atoms with E-state index in [2.05, 4.69) is 5.32 Å². The highest BCUT2D eigenvalue weighted by molar-refractivity contribution is 5.94. The molecule has 1 aromatic carbocycles. The number of amides is 3. The number of ether oxygens (including phenoxy) is 2.